The summed E-state index contributed by atoms with van der Waals surface area (Å²) in [6.45, 7) is 4.53. The van der Waals surface area contributed by atoms with E-state index in [0.29, 0.717) is 18.0 Å². The van der Waals surface area contributed by atoms with Crippen LogP contribution in [0.5, 0.6) is 5.75 Å². The van der Waals surface area contributed by atoms with Crippen molar-refractivity contribution < 1.29 is 9.13 Å². The summed E-state index contributed by atoms with van der Waals surface area (Å²) < 4.78 is 18.7. The van der Waals surface area contributed by atoms with Crippen LogP contribution in [-0.2, 0) is 0 Å². The summed E-state index contributed by atoms with van der Waals surface area (Å²) in [7, 11) is 0. The number of anilines is 3. The van der Waals surface area contributed by atoms with Crippen LogP contribution in [0.25, 0.3) is 0 Å². The fourth-order valence-corrected chi connectivity index (χ4v) is 1.87. The van der Waals surface area contributed by atoms with Crippen LogP contribution >= 0.6 is 0 Å². The number of hydrogen-bond donors (Lipinski definition) is 2. The van der Waals surface area contributed by atoms with Crippen molar-refractivity contribution >= 4 is 17.1 Å². The molecule has 0 heterocycles. The van der Waals surface area contributed by atoms with Crippen molar-refractivity contribution in [3.05, 3.63) is 47.8 Å². The van der Waals surface area contributed by atoms with Crippen LogP contribution in [0.15, 0.2) is 36.4 Å². The number of aryl methyl sites for hydroxylation is 1. The second-order valence-electron chi connectivity index (χ2n) is 4.69. The number of rotatable bonds is 5. The Bertz CT molecular complexity index is 599. The molecule has 2 aromatic rings. The third-order valence-corrected chi connectivity index (χ3v) is 2.94. The standard InChI is InChI=1S/C16H19FN2O/c1-3-8-20-16-10-13(5-6-14(16)18)19-15-7-4-12(17)9-11(15)2/h4-7,9-10,19H,3,8,18H2,1-2H3. The Hall–Kier alpha value is -2.23. The summed E-state index contributed by atoms with van der Waals surface area (Å²) in [5.74, 6) is 0.425. The van der Waals surface area contributed by atoms with Crippen molar-refractivity contribution in [3.8, 4) is 5.75 Å². The maximum atomic E-state index is 13.1. The third-order valence-electron chi connectivity index (χ3n) is 2.94. The van der Waals surface area contributed by atoms with Gasteiger partial charge in [-0.25, -0.2) is 4.39 Å². The van der Waals surface area contributed by atoms with Crippen LogP contribution in [0, 0.1) is 12.7 Å². The van der Waals surface area contributed by atoms with Crippen LogP contribution in [0.2, 0.25) is 0 Å². The van der Waals surface area contributed by atoms with Gasteiger partial charge in [-0.1, -0.05) is 6.92 Å². The van der Waals surface area contributed by atoms with E-state index >= 15 is 0 Å². The van der Waals surface area contributed by atoms with E-state index in [4.69, 9.17) is 10.5 Å². The van der Waals surface area contributed by atoms with E-state index in [-0.39, 0.29) is 5.82 Å². The molecule has 20 heavy (non-hydrogen) atoms. The molecule has 0 aliphatic heterocycles. The number of ether oxygens (including phenoxy) is 1. The number of nitrogens with two attached hydrogens (primary N) is 1. The molecule has 4 heteroatoms. The Morgan fingerprint density at radius 2 is 2.00 bits per heavy atom. The molecule has 3 nitrogen and oxygen atoms in total. The largest absolute Gasteiger partial charge is 0.491 e. The van der Waals surface area contributed by atoms with Gasteiger partial charge in [0.15, 0.2) is 0 Å². The van der Waals surface area contributed by atoms with Gasteiger partial charge < -0.3 is 15.8 Å². The van der Waals surface area contributed by atoms with Crippen molar-refractivity contribution in [1.29, 1.82) is 0 Å². The molecule has 3 N–H and O–H groups in total. The molecular formula is C16H19FN2O. The van der Waals surface area contributed by atoms with Gasteiger partial charge in [0.25, 0.3) is 0 Å². The molecule has 106 valence electrons. The summed E-state index contributed by atoms with van der Waals surface area (Å²) in [5.41, 5.74) is 9.05. The molecule has 0 radical (unpaired) electrons. The molecule has 2 aromatic carbocycles. The highest BCUT2D eigenvalue weighted by Crippen LogP contribution is 2.28. The minimum atomic E-state index is -0.239. The molecule has 2 rings (SSSR count). The molecule has 0 saturated heterocycles. The van der Waals surface area contributed by atoms with Gasteiger partial charge in [0.1, 0.15) is 11.6 Å². The second kappa shape index (κ2) is 6.28. The van der Waals surface area contributed by atoms with E-state index in [2.05, 4.69) is 5.32 Å². The fraction of sp³-hybridized carbons (Fsp3) is 0.250. The van der Waals surface area contributed by atoms with Crippen molar-refractivity contribution in [2.45, 2.75) is 20.3 Å². The molecular weight excluding hydrogens is 255 g/mol. The lowest BCUT2D eigenvalue weighted by atomic mass is 10.2. The summed E-state index contributed by atoms with van der Waals surface area (Å²) >= 11 is 0. The zero-order chi connectivity index (χ0) is 14.5. The SMILES string of the molecule is CCCOc1cc(Nc2ccc(F)cc2C)ccc1N. The van der Waals surface area contributed by atoms with Crippen LogP contribution < -0.4 is 15.8 Å². The first-order valence-electron chi connectivity index (χ1n) is 6.65. The quantitative estimate of drug-likeness (QED) is 0.801. The maximum absolute atomic E-state index is 13.1. The fourth-order valence-electron chi connectivity index (χ4n) is 1.87. The van der Waals surface area contributed by atoms with Crippen LogP contribution in [0.1, 0.15) is 18.9 Å². The van der Waals surface area contributed by atoms with Crippen molar-refractivity contribution in [2.75, 3.05) is 17.7 Å². The van der Waals surface area contributed by atoms with E-state index in [1.165, 1.54) is 12.1 Å². The molecule has 0 aromatic heterocycles. The first-order chi connectivity index (χ1) is 9.60. The third kappa shape index (κ3) is 3.41. The van der Waals surface area contributed by atoms with Gasteiger partial charge in [-0.05, 0) is 49.2 Å². The van der Waals surface area contributed by atoms with E-state index in [1.54, 1.807) is 12.1 Å². The van der Waals surface area contributed by atoms with Crippen molar-refractivity contribution in [3.63, 3.8) is 0 Å². The highest BCUT2D eigenvalue weighted by Gasteiger charge is 2.05. The van der Waals surface area contributed by atoms with Crippen LogP contribution in [0.4, 0.5) is 21.5 Å². The lowest BCUT2D eigenvalue weighted by Crippen LogP contribution is -2.00. The summed E-state index contributed by atoms with van der Waals surface area (Å²) in [5, 5.41) is 3.24. The molecule has 0 unspecified atom stereocenters. The van der Waals surface area contributed by atoms with Gasteiger partial charge >= 0.3 is 0 Å². The van der Waals surface area contributed by atoms with Crippen molar-refractivity contribution in [1.82, 2.24) is 0 Å². The Balaban J connectivity index is 2.20. The normalized spacial score (nSPS) is 10.3. The summed E-state index contributed by atoms with van der Waals surface area (Å²) in [6, 6.07) is 10.2. The lowest BCUT2D eigenvalue weighted by molar-refractivity contribution is 0.319. The van der Waals surface area contributed by atoms with Gasteiger partial charge in [-0.2, -0.15) is 0 Å². The van der Waals surface area contributed by atoms with Gasteiger partial charge in [-0.3, -0.25) is 0 Å². The Kier molecular flexibility index (Phi) is 4.45. The first-order valence-corrected chi connectivity index (χ1v) is 6.65. The minimum absolute atomic E-state index is 0.239. The van der Waals surface area contributed by atoms with E-state index in [1.807, 2.05) is 26.0 Å². The number of halogens is 1. The number of hydrogen-bond acceptors (Lipinski definition) is 3. The number of benzene rings is 2. The Labute approximate surface area is 118 Å². The van der Waals surface area contributed by atoms with Crippen molar-refractivity contribution in [2.24, 2.45) is 0 Å². The zero-order valence-electron chi connectivity index (χ0n) is 11.7. The zero-order valence-corrected chi connectivity index (χ0v) is 11.7. The Morgan fingerprint density at radius 1 is 1.20 bits per heavy atom. The Morgan fingerprint density at radius 3 is 2.70 bits per heavy atom. The molecule has 0 saturated carbocycles. The monoisotopic (exact) mass is 274 g/mol. The van der Waals surface area contributed by atoms with Gasteiger partial charge in [0.2, 0.25) is 0 Å². The lowest BCUT2D eigenvalue weighted by Gasteiger charge is -2.13. The first kappa shape index (κ1) is 14.2. The van der Waals surface area contributed by atoms with Gasteiger partial charge in [0, 0.05) is 17.4 Å². The number of nitrogens with one attached hydrogen (secondary N) is 1. The minimum Gasteiger partial charge on any atom is -0.491 e. The summed E-state index contributed by atoms with van der Waals surface area (Å²) in [6.07, 6.45) is 0.925. The molecule has 0 aliphatic rings. The number of nitrogen functional groups attached to an aromatic ring is 1. The van der Waals surface area contributed by atoms with E-state index < -0.39 is 0 Å². The van der Waals surface area contributed by atoms with E-state index in [0.717, 1.165) is 23.4 Å². The van der Waals surface area contributed by atoms with Gasteiger partial charge in [-0.15, -0.1) is 0 Å². The highest BCUT2D eigenvalue weighted by molar-refractivity contribution is 5.68. The highest BCUT2D eigenvalue weighted by atomic mass is 19.1. The molecule has 0 spiro atoms. The summed E-state index contributed by atoms with van der Waals surface area (Å²) in [4.78, 5) is 0. The smallest absolute Gasteiger partial charge is 0.144 e. The maximum Gasteiger partial charge on any atom is 0.144 e. The predicted molar refractivity (Wildman–Crippen MR) is 81.1 cm³/mol. The molecule has 0 fully saturated rings. The topological polar surface area (TPSA) is 47.3 Å². The van der Waals surface area contributed by atoms with E-state index in [9.17, 15) is 4.39 Å². The van der Waals surface area contributed by atoms with Crippen LogP contribution in [0.3, 0.4) is 0 Å². The molecule has 0 atom stereocenters. The average Bonchev–Trinajstić information content (AvgIpc) is 2.42. The molecule has 0 aliphatic carbocycles. The average molecular weight is 274 g/mol. The molecule has 0 amide bonds. The van der Waals surface area contributed by atoms with Gasteiger partial charge in [0.05, 0.1) is 12.3 Å². The predicted octanol–water partition coefficient (Wildman–Crippen LogP) is 4.25. The second-order valence-corrected chi connectivity index (χ2v) is 4.69. The molecule has 0 bridgehead atoms. The van der Waals surface area contributed by atoms with Crippen LogP contribution in [-0.4, -0.2) is 6.61 Å².